The van der Waals surface area contributed by atoms with E-state index in [4.69, 9.17) is 4.74 Å². The van der Waals surface area contributed by atoms with Gasteiger partial charge in [0.15, 0.2) is 6.10 Å². The molecule has 1 N–H and O–H groups in total. The maximum Gasteiger partial charge on any atom is 0.260 e. The number of amides is 1. The van der Waals surface area contributed by atoms with Gasteiger partial charge in [0, 0.05) is 19.5 Å². The predicted molar refractivity (Wildman–Crippen MR) is 71.6 cm³/mol. The number of nitrogens with zero attached hydrogens (tertiary/aromatic N) is 2. The van der Waals surface area contributed by atoms with Crippen LogP contribution < -0.4 is 5.32 Å². The lowest BCUT2D eigenvalue weighted by atomic mass is 10.1. The van der Waals surface area contributed by atoms with Gasteiger partial charge in [-0.15, -0.1) is 0 Å². The minimum Gasteiger partial charge on any atom is -0.367 e. The minimum atomic E-state index is -0.675. The van der Waals surface area contributed by atoms with Crippen LogP contribution in [-0.2, 0) is 9.53 Å². The Labute approximate surface area is 111 Å². The number of carbonyl (C=O) groups excluding carboxylic acids is 1. The highest BCUT2D eigenvalue weighted by atomic mass is 16.5. The van der Waals surface area contributed by atoms with E-state index in [1.807, 2.05) is 37.3 Å². The zero-order chi connectivity index (χ0) is 13.7. The third kappa shape index (κ3) is 3.35. The van der Waals surface area contributed by atoms with Crippen LogP contribution in [-0.4, -0.2) is 23.0 Å². The van der Waals surface area contributed by atoms with Crippen molar-refractivity contribution in [2.45, 2.75) is 13.0 Å². The van der Waals surface area contributed by atoms with Crippen molar-refractivity contribution >= 4 is 11.9 Å². The molecule has 0 aliphatic rings. The van der Waals surface area contributed by atoms with E-state index in [1.165, 1.54) is 7.11 Å². The van der Waals surface area contributed by atoms with E-state index < -0.39 is 6.10 Å². The highest BCUT2D eigenvalue weighted by molar-refractivity contribution is 5.93. The summed E-state index contributed by atoms with van der Waals surface area (Å²) in [7, 11) is 1.49. The summed E-state index contributed by atoms with van der Waals surface area (Å²) in [5, 5.41) is 2.63. The number of anilines is 1. The first-order valence-electron chi connectivity index (χ1n) is 5.88. The summed E-state index contributed by atoms with van der Waals surface area (Å²) in [6, 6.07) is 9.28. The number of aryl methyl sites for hydroxylation is 1. The van der Waals surface area contributed by atoms with Crippen molar-refractivity contribution in [3.05, 3.63) is 53.9 Å². The molecule has 0 saturated carbocycles. The van der Waals surface area contributed by atoms with Gasteiger partial charge in [0.1, 0.15) is 0 Å². The molecule has 0 spiro atoms. The summed E-state index contributed by atoms with van der Waals surface area (Å²) < 4.78 is 5.23. The molecule has 0 aliphatic heterocycles. The summed E-state index contributed by atoms with van der Waals surface area (Å²) in [6.45, 7) is 1.88. The fourth-order valence-electron chi connectivity index (χ4n) is 1.66. The predicted octanol–water partition coefficient (Wildman–Crippen LogP) is 2.11. The van der Waals surface area contributed by atoms with E-state index in [0.29, 0.717) is 0 Å². The summed E-state index contributed by atoms with van der Waals surface area (Å²) in [5.74, 6) is -0.0221. The molecule has 0 fully saturated rings. The molecule has 5 heteroatoms. The van der Waals surface area contributed by atoms with Crippen LogP contribution in [0.1, 0.15) is 17.2 Å². The van der Waals surface area contributed by atoms with Gasteiger partial charge in [0.2, 0.25) is 5.95 Å². The number of hydrogen-bond acceptors (Lipinski definition) is 4. The van der Waals surface area contributed by atoms with Gasteiger partial charge in [0.25, 0.3) is 5.91 Å². The number of benzene rings is 1. The molecule has 1 heterocycles. The van der Waals surface area contributed by atoms with Crippen LogP contribution >= 0.6 is 0 Å². The van der Waals surface area contributed by atoms with Crippen LogP contribution in [0.25, 0.3) is 0 Å². The van der Waals surface area contributed by atoms with E-state index in [9.17, 15) is 4.79 Å². The molecule has 1 atom stereocenters. The van der Waals surface area contributed by atoms with Crippen molar-refractivity contribution < 1.29 is 9.53 Å². The van der Waals surface area contributed by atoms with E-state index in [2.05, 4.69) is 15.3 Å². The Morgan fingerprint density at radius 1 is 1.21 bits per heavy atom. The molecule has 0 bridgehead atoms. The van der Waals surface area contributed by atoms with Crippen molar-refractivity contribution in [2.75, 3.05) is 12.4 Å². The molecule has 1 aromatic carbocycles. The SMILES string of the molecule is COC(C(=O)Nc1ncc(C)cn1)c1ccccc1. The van der Waals surface area contributed by atoms with Gasteiger partial charge < -0.3 is 4.74 Å². The average Bonchev–Trinajstić information content (AvgIpc) is 2.43. The Morgan fingerprint density at radius 2 is 1.84 bits per heavy atom. The second-order valence-electron chi connectivity index (χ2n) is 4.10. The molecule has 1 amide bonds. The van der Waals surface area contributed by atoms with Crippen LogP contribution in [0.2, 0.25) is 0 Å². The van der Waals surface area contributed by atoms with Crippen LogP contribution in [0.4, 0.5) is 5.95 Å². The quantitative estimate of drug-likeness (QED) is 0.911. The number of nitrogens with one attached hydrogen (secondary N) is 1. The normalized spacial score (nSPS) is 11.9. The van der Waals surface area contributed by atoms with Crippen molar-refractivity contribution in [3.63, 3.8) is 0 Å². The third-order valence-electron chi connectivity index (χ3n) is 2.59. The zero-order valence-electron chi connectivity index (χ0n) is 10.8. The first-order valence-corrected chi connectivity index (χ1v) is 5.88. The number of hydrogen-bond donors (Lipinski definition) is 1. The van der Waals surface area contributed by atoms with E-state index in [-0.39, 0.29) is 11.9 Å². The molecule has 98 valence electrons. The van der Waals surface area contributed by atoms with Crippen LogP contribution in [0.5, 0.6) is 0 Å². The maximum absolute atomic E-state index is 12.1. The van der Waals surface area contributed by atoms with Crippen LogP contribution in [0.3, 0.4) is 0 Å². The zero-order valence-corrected chi connectivity index (χ0v) is 10.8. The lowest BCUT2D eigenvalue weighted by molar-refractivity contribution is -0.126. The highest BCUT2D eigenvalue weighted by Gasteiger charge is 2.20. The fourth-order valence-corrected chi connectivity index (χ4v) is 1.66. The first-order chi connectivity index (χ1) is 9.20. The molecule has 1 aromatic heterocycles. The first kappa shape index (κ1) is 13.2. The number of aromatic nitrogens is 2. The van der Waals surface area contributed by atoms with Gasteiger partial charge in [-0.3, -0.25) is 10.1 Å². The van der Waals surface area contributed by atoms with E-state index >= 15 is 0 Å². The molecule has 2 aromatic rings. The second kappa shape index (κ2) is 6.06. The largest absolute Gasteiger partial charge is 0.367 e. The van der Waals surface area contributed by atoms with Crippen LogP contribution in [0, 0.1) is 6.92 Å². The Bertz CT molecular complexity index is 540. The van der Waals surface area contributed by atoms with Gasteiger partial charge in [0.05, 0.1) is 0 Å². The molecule has 2 rings (SSSR count). The smallest absolute Gasteiger partial charge is 0.260 e. The Hall–Kier alpha value is -2.27. The van der Waals surface area contributed by atoms with Crippen LogP contribution in [0.15, 0.2) is 42.7 Å². The minimum absolute atomic E-state index is 0.272. The number of rotatable bonds is 4. The highest BCUT2D eigenvalue weighted by Crippen LogP contribution is 2.17. The summed E-state index contributed by atoms with van der Waals surface area (Å²) in [5.41, 5.74) is 1.72. The standard InChI is InChI=1S/C14H15N3O2/c1-10-8-15-14(16-9-10)17-13(18)12(19-2)11-6-4-3-5-7-11/h3-9,12H,1-2H3,(H,15,16,17,18). The average molecular weight is 257 g/mol. The Kier molecular flexibility index (Phi) is 4.20. The number of carbonyl (C=O) groups is 1. The van der Waals surface area contributed by atoms with Gasteiger partial charge in [-0.1, -0.05) is 30.3 Å². The third-order valence-corrected chi connectivity index (χ3v) is 2.59. The Balaban J connectivity index is 2.11. The van der Waals surface area contributed by atoms with Gasteiger partial charge >= 0.3 is 0 Å². The molecular weight excluding hydrogens is 242 g/mol. The molecule has 1 unspecified atom stereocenters. The van der Waals surface area contributed by atoms with Gasteiger partial charge in [-0.25, -0.2) is 9.97 Å². The van der Waals surface area contributed by atoms with Crippen molar-refractivity contribution in [1.29, 1.82) is 0 Å². The topological polar surface area (TPSA) is 64.1 Å². The Morgan fingerprint density at radius 3 is 2.42 bits per heavy atom. The molecule has 0 radical (unpaired) electrons. The molecular formula is C14H15N3O2. The summed E-state index contributed by atoms with van der Waals surface area (Å²) in [6.07, 6.45) is 2.62. The second-order valence-corrected chi connectivity index (χ2v) is 4.10. The van der Waals surface area contributed by atoms with E-state index in [0.717, 1.165) is 11.1 Å². The monoisotopic (exact) mass is 257 g/mol. The number of ether oxygens (including phenoxy) is 1. The molecule has 19 heavy (non-hydrogen) atoms. The van der Waals surface area contributed by atoms with Crippen molar-refractivity contribution in [3.8, 4) is 0 Å². The lowest BCUT2D eigenvalue weighted by Crippen LogP contribution is -2.23. The van der Waals surface area contributed by atoms with Gasteiger partial charge in [-0.2, -0.15) is 0 Å². The fraction of sp³-hybridized carbons (Fsp3) is 0.214. The lowest BCUT2D eigenvalue weighted by Gasteiger charge is -2.14. The molecule has 0 aliphatic carbocycles. The summed E-state index contributed by atoms with van der Waals surface area (Å²) >= 11 is 0. The van der Waals surface area contributed by atoms with E-state index in [1.54, 1.807) is 12.4 Å². The number of methoxy groups -OCH3 is 1. The molecule has 0 saturated heterocycles. The van der Waals surface area contributed by atoms with Crippen molar-refractivity contribution in [2.24, 2.45) is 0 Å². The maximum atomic E-state index is 12.1. The van der Waals surface area contributed by atoms with Gasteiger partial charge in [-0.05, 0) is 18.1 Å². The molecule has 5 nitrogen and oxygen atoms in total. The summed E-state index contributed by atoms with van der Waals surface area (Å²) in [4.78, 5) is 20.2. The van der Waals surface area contributed by atoms with Crippen molar-refractivity contribution in [1.82, 2.24) is 9.97 Å².